The van der Waals surface area contributed by atoms with Gasteiger partial charge < -0.3 is 15.7 Å². The predicted octanol–water partition coefficient (Wildman–Crippen LogP) is 0.780. The highest BCUT2D eigenvalue weighted by Crippen LogP contribution is 2.18. The van der Waals surface area contributed by atoms with Gasteiger partial charge in [-0.1, -0.05) is 0 Å². The number of hydrogen-bond donors (Lipinski definition) is 2. The SMILES string of the molecule is CC(C)(N)CSCC(=O)N1CCC(C(=O)O)CC1. The number of carboxylic acid groups (broad SMARTS) is 1. The maximum atomic E-state index is 11.9. The lowest BCUT2D eigenvalue weighted by atomic mass is 9.97. The summed E-state index contributed by atoms with van der Waals surface area (Å²) in [5.74, 6) is 0.224. The molecule has 18 heavy (non-hydrogen) atoms. The molecule has 1 aliphatic rings. The standard InChI is InChI=1S/C12H22N2O3S/c1-12(2,13)8-18-7-10(15)14-5-3-9(4-6-14)11(16)17/h9H,3-8,13H2,1-2H3,(H,16,17). The molecule has 1 rings (SSSR count). The molecule has 0 aromatic rings. The summed E-state index contributed by atoms with van der Waals surface area (Å²) in [6.07, 6.45) is 1.13. The molecule has 1 aliphatic heterocycles. The molecular formula is C12H22N2O3S. The normalized spacial score (nSPS) is 17.8. The number of likely N-dealkylation sites (tertiary alicyclic amines) is 1. The summed E-state index contributed by atoms with van der Waals surface area (Å²) in [5.41, 5.74) is 5.58. The molecule has 1 fully saturated rings. The Kier molecular flexibility index (Phi) is 5.47. The number of thioether (sulfide) groups is 1. The van der Waals surface area contributed by atoms with Crippen molar-refractivity contribution in [3.05, 3.63) is 0 Å². The van der Waals surface area contributed by atoms with Crippen molar-refractivity contribution in [2.75, 3.05) is 24.6 Å². The molecule has 0 atom stereocenters. The molecule has 0 aromatic heterocycles. The van der Waals surface area contributed by atoms with E-state index in [0.29, 0.717) is 31.7 Å². The third-order valence-electron chi connectivity index (χ3n) is 2.90. The topological polar surface area (TPSA) is 83.6 Å². The maximum absolute atomic E-state index is 11.9. The third-order valence-corrected chi connectivity index (χ3v) is 4.30. The van der Waals surface area contributed by atoms with Crippen LogP contribution in [0.15, 0.2) is 0 Å². The van der Waals surface area contributed by atoms with Crippen LogP contribution in [0.3, 0.4) is 0 Å². The van der Waals surface area contributed by atoms with Gasteiger partial charge in [-0.3, -0.25) is 9.59 Å². The van der Waals surface area contributed by atoms with E-state index in [2.05, 4.69) is 0 Å². The van der Waals surface area contributed by atoms with E-state index in [9.17, 15) is 9.59 Å². The number of carboxylic acids is 1. The lowest BCUT2D eigenvalue weighted by molar-refractivity contribution is -0.145. The summed E-state index contributed by atoms with van der Waals surface area (Å²) >= 11 is 1.54. The van der Waals surface area contributed by atoms with Crippen LogP contribution in [0.2, 0.25) is 0 Å². The number of rotatable bonds is 5. The summed E-state index contributed by atoms with van der Waals surface area (Å²) in [4.78, 5) is 24.4. The number of piperidine rings is 1. The van der Waals surface area contributed by atoms with E-state index in [1.165, 1.54) is 11.8 Å². The molecule has 0 radical (unpaired) electrons. The number of hydrogen-bond acceptors (Lipinski definition) is 4. The predicted molar refractivity (Wildman–Crippen MR) is 72.5 cm³/mol. The molecule has 0 aliphatic carbocycles. The molecule has 0 aromatic carbocycles. The highest BCUT2D eigenvalue weighted by Gasteiger charge is 2.26. The van der Waals surface area contributed by atoms with Crippen molar-refractivity contribution in [3.8, 4) is 0 Å². The second-order valence-corrected chi connectivity index (χ2v) is 6.46. The van der Waals surface area contributed by atoms with Crippen LogP contribution in [0.1, 0.15) is 26.7 Å². The Balaban J connectivity index is 2.26. The molecule has 0 bridgehead atoms. The monoisotopic (exact) mass is 274 g/mol. The highest BCUT2D eigenvalue weighted by atomic mass is 32.2. The van der Waals surface area contributed by atoms with E-state index in [1.54, 1.807) is 4.90 Å². The van der Waals surface area contributed by atoms with Gasteiger partial charge in [0, 0.05) is 24.4 Å². The van der Waals surface area contributed by atoms with Crippen LogP contribution in [0.5, 0.6) is 0 Å². The first kappa shape index (κ1) is 15.3. The molecule has 104 valence electrons. The minimum absolute atomic E-state index is 0.0908. The molecule has 0 unspecified atom stereocenters. The van der Waals surface area contributed by atoms with Crippen molar-refractivity contribution in [1.82, 2.24) is 4.90 Å². The molecule has 1 saturated heterocycles. The van der Waals surface area contributed by atoms with E-state index in [1.807, 2.05) is 13.8 Å². The molecule has 1 heterocycles. The van der Waals surface area contributed by atoms with Crippen LogP contribution in [-0.4, -0.2) is 52.0 Å². The van der Waals surface area contributed by atoms with Gasteiger partial charge in [0.1, 0.15) is 0 Å². The minimum atomic E-state index is -0.749. The summed E-state index contributed by atoms with van der Waals surface area (Å²) in [5, 5.41) is 8.87. The van der Waals surface area contributed by atoms with E-state index < -0.39 is 5.97 Å². The highest BCUT2D eigenvalue weighted by molar-refractivity contribution is 8.00. The lowest BCUT2D eigenvalue weighted by Crippen LogP contribution is -2.41. The second-order valence-electron chi connectivity index (χ2n) is 5.47. The Morgan fingerprint density at radius 3 is 2.39 bits per heavy atom. The number of nitrogens with zero attached hydrogens (tertiary/aromatic N) is 1. The van der Waals surface area contributed by atoms with Crippen LogP contribution < -0.4 is 5.73 Å². The summed E-state index contributed by atoms with van der Waals surface area (Å²) in [6.45, 7) is 4.98. The van der Waals surface area contributed by atoms with Crippen LogP contribution >= 0.6 is 11.8 Å². The van der Waals surface area contributed by atoms with Gasteiger partial charge in [-0.2, -0.15) is 11.8 Å². The molecular weight excluding hydrogens is 252 g/mol. The summed E-state index contributed by atoms with van der Waals surface area (Å²) in [6, 6.07) is 0. The van der Waals surface area contributed by atoms with Gasteiger partial charge in [-0.15, -0.1) is 0 Å². The molecule has 5 nitrogen and oxygen atoms in total. The Labute approximate surface area is 112 Å². The van der Waals surface area contributed by atoms with E-state index in [4.69, 9.17) is 10.8 Å². The van der Waals surface area contributed by atoms with E-state index >= 15 is 0 Å². The molecule has 3 N–H and O–H groups in total. The second kappa shape index (κ2) is 6.43. The fourth-order valence-electron chi connectivity index (χ4n) is 1.87. The quantitative estimate of drug-likeness (QED) is 0.774. The van der Waals surface area contributed by atoms with Crippen molar-refractivity contribution in [1.29, 1.82) is 0 Å². The summed E-state index contributed by atoms with van der Waals surface area (Å²) in [7, 11) is 0. The van der Waals surface area contributed by atoms with Gasteiger partial charge >= 0.3 is 5.97 Å². The van der Waals surface area contributed by atoms with E-state index in [-0.39, 0.29) is 17.4 Å². The number of amides is 1. The fourth-order valence-corrected chi connectivity index (χ4v) is 2.85. The molecule has 1 amide bonds. The zero-order chi connectivity index (χ0) is 13.8. The van der Waals surface area contributed by atoms with Crippen LogP contribution in [0.25, 0.3) is 0 Å². The van der Waals surface area contributed by atoms with Gasteiger partial charge in [-0.25, -0.2) is 0 Å². The van der Waals surface area contributed by atoms with Gasteiger partial charge in [0.15, 0.2) is 0 Å². The van der Waals surface area contributed by atoms with Crippen molar-refractivity contribution < 1.29 is 14.7 Å². The van der Waals surface area contributed by atoms with Crippen molar-refractivity contribution in [2.45, 2.75) is 32.2 Å². The zero-order valence-electron chi connectivity index (χ0n) is 11.0. The molecule has 0 saturated carbocycles. The molecule has 6 heteroatoms. The Hall–Kier alpha value is -0.750. The Morgan fingerprint density at radius 2 is 1.94 bits per heavy atom. The fraction of sp³-hybridized carbons (Fsp3) is 0.833. The summed E-state index contributed by atoms with van der Waals surface area (Å²) < 4.78 is 0. The number of carbonyl (C=O) groups excluding carboxylic acids is 1. The third kappa shape index (κ3) is 5.27. The van der Waals surface area contributed by atoms with Crippen LogP contribution in [0.4, 0.5) is 0 Å². The Morgan fingerprint density at radius 1 is 1.39 bits per heavy atom. The van der Waals surface area contributed by atoms with Gasteiger partial charge in [0.2, 0.25) is 5.91 Å². The van der Waals surface area contributed by atoms with Crippen LogP contribution in [0, 0.1) is 5.92 Å². The minimum Gasteiger partial charge on any atom is -0.481 e. The average molecular weight is 274 g/mol. The first-order chi connectivity index (χ1) is 8.29. The van der Waals surface area contributed by atoms with Crippen molar-refractivity contribution in [3.63, 3.8) is 0 Å². The molecule has 0 spiro atoms. The Bertz CT molecular complexity index is 307. The lowest BCUT2D eigenvalue weighted by Gasteiger charge is -2.30. The van der Waals surface area contributed by atoms with Gasteiger partial charge in [-0.05, 0) is 26.7 Å². The van der Waals surface area contributed by atoms with Crippen molar-refractivity contribution in [2.24, 2.45) is 11.7 Å². The smallest absolute Gasteiger partial charge is 0.306 e. The van der Waals surface area contributed by atoms with Gasteiger partial charge in [0.05, 0.1) is 11.7 Å². The van der Waals surface area contributed by atoms with Gasteiger partial charge in [0.25, 0.3) is 0 Å². The van der Waals surface area contributed by atoms with Crippen molar-refractivity contribution >= 4 is 23.6 Å². The number of aliphatic carboxylic acids is 1. The van der Waals surface area contributed by atoms with Crippen LogP contribution in [-0.2, 0) is 9.59 Å². The first-order valence-corrected chi connectivity index (χ1v) is 7.32. The number of nitrogens with two attached hydrogens (primary N) is 1. The maximum Gasteiger partial charge on any atom is 0.306 e. The van der Waals surface area contributed by atoms with E-state index in [0.717, 1.165) is 5.75 Å². The first-order valence-electron chi connectivity index (χ1n) is 6.17. The zero-order valence-corrected chi connectivity index (χ0v) is 11.8. The average Bonchev–Trinajstić information content (AvgIpc) is 2.27. The largest absolute Gasteiger partial charge is 0.481 e. The number of carbonyl (C=O) groups is 2.